The molecule has 0 amide bonds. The van der Waals surface area contributed by atoms with E-state index in [0.29, 0.717) is 12.0 Å². The summed E-state index contributed by atoms with van der Waals surface area (Å²) in [5.74, 6) is 0. The lowest BCUT2D eigenvalue weighted by atomic mass is 10.1. The molecule has 0 aliphatic carbocycles. The van der Waals surface area contributed by atoms with Gasteiger partial charge in [-0.15, -0.1) is 0 Å². The molecule has 0 fully saturated rings. The number of nitriles is 1. The molecule has 68 valence electrons. The Balaban J connectivity index is 2.86. The Morgan fingerprint density at radius 2 is 2.38 bits per heavy atom. The quantitative estimate of drug-likeness (QED) is 0.710. The number of aliphatic hydroxyl groups excluding tert-OH is 1. The number of benzene rings is 1. The van der Waals surface area contributed by atoms with Crippen LogP contribution in [0.1, 0.15) is 17.4 Å². The molecule has 1 rings (SSSR count). The third-order valence-corrected chi connectivity index (χ3v) is 1.74. The molecular weight excluding hydrogens is 166 g/mol. The Morgan fingerprint density at radius 1 is 1.62 bits per heavy atom. The average molecular weight is 177 g/mol. The fourth-order valence-corrected chi connectivity index (χ4v) is 1.08. The maximum atomic E-state index is 9.32. The van der Waals surface area contributed by atoms with Crippen LogP contribution in [0.25, 0.3) is 0 Å². The highest BCUT2D eigenvalue weighted by molar-refractivity contribution is 5.26. The summed E-state index contributed by atoms with van der Waals surface area (Å²) < 4.78 is 4.74. The fourth-order valence-electron chi connectivity index (χ4n) is 1.08. The van der Waals surface area contributed by atoms with E-state index < -0.39 is 6.29 Å². The predicted molar refractivity (Wildman–Crippen MR) is 47.7 cm³/mol. The van der Waals surface area contributed by atoms with E-state index in [0.717, 1.165) is 5.56 Å². The maximum Gasteiger partial charge on any atom is 0.180 e. The molecule has 1 atom stereocenters. The van der Waals surface area contributed by atoms with Gasteiger partial charge in [0.15, 0.2) is 6.29 Å². The molecule has 3 heteroatoms. The van der Waals surface area contributed by atoms with Gasteiger partial charge in [-0.05, 0) is 11.6 Å². The van der Waals surface area contributed by atoms with Gasteiger partial charge in [0.2, 0.25) is 0 Å². The second-order valence-electron chi connectivity index (χ2n) is 2.67. The zero-order valence-electron chi connectivity index (χ0n) is 7.40. The Kier molecular flexibility index (Phi) is 3.44. The van der Waals surface area contributed by atoms with Gasteiger partial charge >= 0.3 is 0 Å². The normalized spacial score (nSPS) is 12.1. The molecule has 0 aromatic heterocycles. The molecule has 1 aromatic rings. The average Bonchev–Trinajstić information content (AvgIpc) is 2.18. The zero-order valence-corrected chi connectivity index (χ0v) is 7.40. The summed E-state index contributed by atoms with van der Waals surface area (Å²) >= 11 is 0. The van der Waals surface area contributed by atoms with Crippen LogP contribution < -0.4 is 0 Å². The molecule has 0 aliphatic rings. The minimum absolute atomic E-state index is 0.351. The Hall–Kier alpha value is -1.37. The molecule has 0 aliphatic heterocycles. The first-order valence-electron chi connectivity index (χ1n) is 3.94. The molecule has 0 spiro atoms. The van der Waals surface area contributed by atoms with Crippen molar-refractivity contribution in [1.82, 2.24) is 0 Å². The lowest BCUT2D eigenvalue weighted by Crippen LogP contribution is -1.99. The number of rotatable bonds is 3. The largest absolute Gasteiger partial charge is 0.364 e. The summed E-state index contributed by atoms with van der Waals surface area (Å²) in [6.07, 6.45) is -0.553. The molecular formula is C10H11NO2. The van der Waals surface area contributed by atoms with E-state index in [1.165, 1.54) is 7.11 Å². The van der Waals surface area contributed by atoms with E-state index >= 15 is 0 Å². The molecule has 0 saturated heterocycles. The number of hydrogen-bond donors (Lipinski definition) is 1. The topological polar surface area (TPSA) is 53.2 Å². The van der Waals surface area contributed by atoms with Gasteiger partial charge in [-0.25, -0.2) is 0 Å². The standard InChI is InChI=1S/C10H11NO2/c1-13-10(12)9-4-2-3-8(7-9)5-6-11/h2-4,7,10,12H,5H2,1H3/t10-/m1/s1. The molecule has 0 bridgehead atoms. The van der Waals surface area contributed by atoms with E-state index in [2.05, 4.69) is 0 Å². The predicted octanol–water partition coefficient (Wildman–Crippen LogP) is 1.39. The van der Waals surface area contributed by atoms with Gasteiger partial charge in [-0.1, -0.05) is 18.2 Å². The van der Waals surface area contributed by atoms with Crippen molar-refractivity contribution in [2.75, 3.05) is 7.11 Å². The van der Waals surface area contributed by atoms with E-state index in [1.807, 2.05) is 12.1 Å². The first-order chi connectivity index (χ1) is 6.27. The molecule has 1 N–H and O–H groups in total. The van der Waals surface area contributed by atoms with E-state index in [-0.39, 0.29) is 0 Å². The summed E-state index contributed by atoms with van der Waals surface area (Å²) in [6, 6.07) is 9.20. The van der Waals surface area contributed by atoms with Gasteiger partial charge < -0.3 is 9.84 Å². The van der Waals surface area contributed by atoms with Crippen LogP contribution in [0.2, 0.25) is 0 Å². The fraction of sp³-hybridized carbons (Fsp3) is 0.300. The lowest BCUT2D eigenvalue weighted by molar-refractivity contribution is -0.0769. The van der Waals surface area contributed by atoms with Crippen molar-refractivity contribution in [3.63, 3.8) is 0 Å². The van der Waals surface area contributed by atoms with Gasteiger partial charge in [0.05, 0.1) is 12.5 Å². The smallest absolute Gasteiger partial charge is 0.180 e. The van der Waals surface area contributed by atoms with Crippen LogP contribution in [0.3, 0.4) is 0 Å². The Labute approximate surface area is 77.2 Å². The number of hydrogen-bond acceptors (Lipinski definition) is 3. The third kappa shape index (κ3) is 2.55. The van der Waals surface area contributed by atoms with Gasteiger partial charge in [0, 0.05) is 12.7 Å². The molecule has 0 saturated carbocycles. The van der Waals surface area contributed by atoms with Gasteiger partial charge in [-0.2, -0.15) is 5.26 Å². The maximum absolute atomic E-state index is 9.32. The number of aliphatic hydroxyl groups is 1. The summed E-state index contributed by atoms with van der Waals surface area (Å²) in [6.45, 7) is 0. The minimum Gasteiger partial charge on any atom is -0.364 e. The van der Waals surface area contributed by atoms with Crippen molar-refractivity contribution in [2.24, 2.45) is 0 Å². The molecule has 13 heavy (non-hydrogen) atoms. The summed E-state index contributed by atoms with van der Waals surface area (Å²) in [5, 5.41) is 17.8. The first kappa shape index (κ1) is 9.72. The third-order valence-electron chi connectivity index (χ3n) is 1.74. The van der Waals surface area contributed by atoms with Crippen LogP contribution in [0, 0.1) is 11.3 Å². The molecule has 3 nitrogen and oxygen atoms in total. The van der Waals surface area contributed by atoms with Gasteiger partial charge in [-0.3, -0.25) is 0 Å². The van der Waals surface area contributed by atoms with Crippen LogP contribution in [-0.4, -0.2) is 12.2 Å². The van der Waals surface area contributed by atoms with Crippen LogP contribution >= 0.6 is 0 Å². The number of ether oxygens (including phenoxy) is 1. The van der Waals surface area contributed by atoms with Crippen molar-refractivity contribution in [3.8, 4) is 6.07 Å². The number of nitrogens with zero attached hydrogens (tertiary/aromatic N) is 1. The second kappa shape index (κ2) is 4.61. The Morgan fingerprint density at radius 3 is 3.00 bits per heavy atom. The van der Waals surface area contributed by atoms with E-state index in [1.54, 1.807) is 18.2 Å². The molecule has 1 aromatic carbocycles. The van der Waals surface area contributed by atoms with Gasteiger partial charge in [0.25, 0.3) is 0 Å². The highest BCUT2D eigenvalue weighted by Gasteiger charge is 2.04. The van der Waals surface area contributed by atoms with Crippen LogP contribution in [-0.2, 0) is 11.2 Å². The molecule has 0 unspecified atom stereocenters. The first-order valence-corrected chi connectivity index (χ1v) is 3.94. The van der Waals surface area contributed by atoms with Crippen molar-refractivity contribution >= 4 is 0 Å². The van der Waals surface area contributed by atoms with Gasteiger partial charge in [0.1, 0.15) is 0 Å². The van der Waals surface area contributed by atoms with Crippen molar-refractivity contribution in [2.45, 2.75) is 12.7 Å². The monoisotopic (exact) mass is 177 g/mol. The molecule has 0 heterocycles. The Bertz CT molecular complexity index is 317. The van der Waals surface area contributed by atoms with Crippen molar-refractivity contribution in [1.29, 1.82) is 5.26 Å². The van der Waals surface area contributed by atoms with E-state index in [9.17, 15) is 5.11 Å². The molecule has 0 radical (unpaired) electrons. The second-order valence-corrected chi connectivity index (χ2v) is 2.67. The van der Waals surface area contributed by atoms with Crippen molar-refractivity contribution < 1.29 is 9.84 Å². The highest BCUT2D eigenvalue weighted by Crippen LogP contribution is 2.14. The van der Waals surface area contributed by atoms with Crippen molar-refractivity contribution in [3.05, 3.63) is 35.4 Å². The minimum atomic E-state index is -0.904. The van der Waals surface area contributed by atoms with E-state index in [4.69, 9.17) is 10.00 Å². The highest BCUT2D eigenvalue weighted by atomic mass is 16.6. The lowest BCUT2D eigenvalue weighted by Gasteiger charge is -2.08. The van der Waals surface area contributed by atoms with Crippen LogP contribution in [0.5, 0.6) is 0 Å². The number of methoxy groups -OCH3 is 1. The summed E-state index contributed by atoms with van der Waals surface area (Å²) in [7, 11) is 1.43. The van der Waals surface area contributed by atoms with Crippen LogP contribution in [0.15, 0.2) is 24.3 Å². The zero-order chi connectivity index (χ0) is 9.68. The van der Waals surface area contributed by atoms with Crippen LogP contribution in [0.4, 0.5) is 0 Å². The SMILES string of the molecule is CO[C@@H](O)c1cccc(CC#N)c1. The summed E-state index contributed by atoms with van der Waals surface area (Å²) in [4.78, 5) is 0. The summed E-state index contributed by atoms with van der Waals surface area (Å²) in [5.41, 5.74) is 1.56.